The van der Waals surface area contributed by atoms with Gasteiger partial charge in [0.1, 0.15) is 0 Å². The molecule has 2 N–H and O–H groups in total. The number of anilines is 1. The third-order valence-corrected chi connectivity index (χ3v) is 3.36. The van der Waals surface area contributed by atoms with Crippen molar-refractivity contribution in [2.24, 2.45) is 0 Å². The summed E-state index contributed by atoms with van der Waals surface area (Å²) in [5.41, 5.74) is 2.28. The van der Waals surface area contributed by atoms with Crippen LogP contribution >= 0.6 is 0 Å². The predicted octanol–water partition coefficient (Wildman–Crippen LogP) is 2.76. The molecule has 0 spiro atoms. The Morgan fingerprint density at radius 1 is 1.35 bits per heavy atom. The largest absolute Gasteiger partial charge is 0.478 e. The molecule has 0 heterocycles. The lowest BCUT2D eigenvalue weighted by atomic mass is 10.0. The van der Waals surface area contributed by atoms with Gasteiger partial charge in [-0.3, -0.25) is 4.79 Å². The number of hydrogen-bond donors (Lipinski definition) is 2. The number of carbonyl (C=O) groups is 2. The standard InChI is InChI=1S/C15H21NO4/c1-9-7-12(8-13(11(9)3)15(18)19)16-14(17)6-5-10(2)20-4/h7-8,10H,5-6H2,1-4H3,(H,16,17)(H,18,19). The number of aryl methyl sites for hydroxylation is 1. The van der Waals surface area contributed by atoms with E-state index in [0.717, 1.165) is 5.56 Å². The third kappa shape index (κ3) is 4.35. The van der Waals surface area contributed by atoms with Crippen molar-refractivity contribution in [3.63, 3.8) is 0 Å². The molecule has 0 bridgehead atoms. The number of benzene rings is 1. The van der Waals surface area contributed by atoms with Crippen LogP contribution in [0.4, 0.5) is 5.69 Å². The smallest absolute Gasteiger partial charge is 0.336 e. The monoisotopic (exact) mass is 279 g/mol. The second-order valence-corrected chi connectivity index (χ2v) is 4.90. The van der Waals surface area contributed by atoms with Gasteiger partial charge in [0.2, 0.25) is 5.91 Å². The molecule has 1 rings (SSSR count). The number of aromatic carboxylic acids is 1. The maximum absolute atomic E-state index is 11.8. The molecule has 1 atom stereocenters. The molecule has 5 nitrogen and oxygen atoms in total. The van der Waals surface area contributed by atoms with E-state index in [-0.39, 0.29) is 17.6 Å². The molecule has 5 heteroatoms. The Kier molecular flexibility index (Phi) is 5.70. The second kappa shape index (κ2) is 7.05. The van der Waals surface area contributed by atoms with Gasteiger partial charge in [-0.15, -0.1) is 0 Å². The highest BCUT2D eigenvalue weighted by molar-refractivity contribution is 5.95. The highest BCUT2D eigenvalue weighted by Crippen LogP contribution is 2.20. The zero-order chi connectivity index (χ0) is 15.3. The molecular formula is C15H21NO4. The van der Waals surface area contributed by atoms with E-state index < -0.39 is 5.97 Å². The van der Waals surface area contributed by atoms with Gasteiger partial charge in [-0.1, -0.05) is 0 Å². The molecule has 1 aromatic rings. The zero-order valence-electron chi connectivity index (χ0n) is 12.3. The molecule has 0 saturated heterocycles. The van der Waals surface area contributed by atoms with Crippen molar-refractivity contribution in [3.05, 3.63) is 28.8 Å². The molecule has 1 unspecified atom stereocenters. The van der Waals surface area contributed by atoms with Gasteiger partial charge in [0.05, 0.1) is 11.7 Å². The molecule has 1 amide bonds. The molecule has 0 radical (unpaired) electrons. The lowest BCUT2D eigenvalue weighted by molar-refractivity contribution is -0.116. The first-order chi connectivity index (χ1) is 9.35. The first-order valence-corrected chi connectivity index (χ1v) is 6.52. The fourth-order valence-electron chi connectivity index (χ4n) is 1.83. The molecular weight excluding hydrogens is 258 g/mol. The molecule has 1 aromatic carbocycles. The van der Waals surface area contributed by atoms with Gasteiger partial charge < -0.3 is 15.2 Å². The Balaban J connectivity index is 2.78. The minimum atomic E-state index is -0.991. The van der Waals surface area contributed by atoms with Crippen LogP contribution in [0.1, 0.15) is 41.3 Å². The SMILES string of the molecule is COC(C)CCC(=O)Nc1cc(C)c(C)c(C(=O)O)c1. The molecule has 0 fully saturated rings. The number of methoxy groups -OCH3 is 1. The summed E-state index contributed by atoms with van der Waals surface area (Å²) >= 11 is 0. The Bertz CT molecular complexity index is 511. The van der Waals surface area contributed by atoms with Gasteiger partial charge in [0.25, 0.3) is 0 Å². The van der Waals surface area contributed by atoms with Crippen LogP contribution in [0.5, 0.6) is 0 Å². The summed E-state index contributed by atoms with van der Waals surface area (Å²) in [4.78, 5) is 22.9. The van der Waals surface area contributed by atoms with Gasteiger partial charge in [0.15, 0.2) is 0 Å². The third-order valence-electron chi connectivity index (χ3n) is 3.36. The van der Waals surface area contributed by atoms with E-state index in [2.05, 4.69) is 5.32 Å². The topological polar surface area (TPSA) is 75.6 Å². The Labute approximate surface area is 118 Å². The fourth-order valence-corrected chi connectivity index (χ4v) is 1.83. The first-order valence-electron chi connectivity index (χ1n) is 6.52. The van der Waals surface area contributed by atoms with E-state index in [1.54, 1.807) is 20.1 Å². The van der Waals surface area contributed by atoms with Crippen molar-refractivity contribution in [1.82, 2.24) is 0 Å². The van der Waals surface area contributed by atoms with Gasteiger partial charge in [0, 0.05) is 19.2 Å². The van der Waals surface area contributed by atoms with Crippen LogP contribution < -0.4 is 5.32 Å². The van der Waals surface area contributed by atoms with Crippen molar-refractivity contribution in [3.8, 4) is 0 Å². The minimum absolute atomic E-state index is 0.0232. The van der Waals surface area contributed by atoms with Crippen molar-refractivity contribution >= 4 is 17.6 Å². The predicted molar refractivity (Wildman–Crippen MR) is 77.2 cm³/mol. The van der Waals surface area contributed by atoms with E-state index in [1.807, 2.05) is 13.8 Å². The number of amides is 1. The molecule has 20 heavy (non-hydrogen) atoms. The highest BCUT2D eigenvalue weighted by atomic mass is 16.5. The Morgan fingerprint density at radius 3 is 2.55 bits per heavy atom. The van der Waals surface area contributed by atoms with Crippen molar-refractivity contribution in [1.29, 1.82) is 0 Å². The van der Waals surface area contributed by atoms with Gasteiger partial charge in [-0.05, 0) is 50.5 Å². The second-order valence-electron chi connectivity index (χ2n) is 4.90. The number of rotatable bonds is 6. The molecule has 110 valence electrons. The first kappa shape index (κ1) is 16.2. The van der Waals surface area contributed by atoms with Gasteiger partial charge in [-0.2, -0.15) is 0 Å². The number of ether oxygens (including phenoxy) is 1. The van der Waals surface area contributed by atoms with Gasteiger partial charge >= 0.3 is 5.97 Å². The molecule has 0 aliphatic carbocycles. The summed E-state index contributed by atoms with van der Waals surface area (Å²) in [5.74, 6) is -1.14. The lowest BCUT2D eigenvalue weighted by Crippen LogP contribution is -2.16. The van der Waals surface area contributed by atoms with Gasteiger partial charge in [-0.25, -0.2) is 4.79 Å². The van der Waals surface area contributed by atoms with Crippen molar-refractivity contribution < 1.29 is 19.4 Å². The number of carboxylic acids is 1. The Morgan fingerprint density at radius 2 is 2.00 bits per heavy atom. The highest BCUT2D eigenvalue weighted by Gasteiger charge is 2.12. The van der Waals surface area contributed by atoms with E-state index in [0.29, 0.717) is 24.1 Å². The summed E-state index contributed by atoms with van der Waals surface area (Å²) in [6, 6.07) is 3.27. The molecule has 0 aliphatic heterocycles. The van der Waals surface area contributed by atoms with Crippen LogP contribution in [0.2, 0.25) is 0 Å². The van der Waals surface area contributed by atoms with E-state index in [9.17, 15) is 9.59 Å². The number of carboxylic acid groups (broad SMARTS) is 1. The fraction of sp³-hybridized carbons (Fsp3) is 0.467. The number of hydrogen-bond acceptors (Lipinski definition) is 3. The normalized spacial score (nSPS) is 12.0. The summed E-state index contributed by atoms with van der Waals surface area (Å²) in [7, 11) is 1.60. The zero-order valence-corrected chi connectivity index (χ0v) is 12.3. The quantitative estimate of drug-likeness (QED) is 0.839. The lowest BCUT2D eigenvalue weighted by Gasteiger charge is -2.12. The van der Waals surface area contributed by atoms with Crippen molar-refractivity contribution in [2.45, 2.75) is 39.7 Å². The van der Waals surface area contributed by atoms with E-state index in [1.165, 1.54) is 6.07 Å². The minimum Gasteiger partial charge on any atom is -0.478 e. The van der Waals surface area contributed by atoms with E-state index in [4.69, 9.17) is 9.84 Å². The summed E-state index contributed by atoms with van der Waals surface area (Å²) in [6.07, 6.45) is 0.985. The summed E-state index contributed by atoms with van der Waals surface area (Å²) in [6.45, 7) is 5.47. The van der Waals surface area contributed by atoms with Crippen LogP contribution in [-0.4, -0.2) is 30.2 Å². The van der Waals surface area contributed by atoms with Crippen LogP contribution in [-0.2, 0) is 9.53 Å². The Hall–Kier alpha value is -1.88. The summed E-state index contributed by atoms with van der Waals surface area (Å²) in [5, 5.41) is 11.9. The van der Waals surface area contributed by atoms with Crippen LogP contribution in [0, 0.1) is 13.8 Å². The van der Waals surface area contributed by atoms with E-state index >= 15 is 0 Å². The number of carbonyl (C=O) groups excluding carboxylic acids is 1. The average molecular weight is 279 g/mol. The average Bonchev–Trinajstić information content (AvgIpc) is 2.39. The van der Waals surface area contributed by atoms with Crippen molar-refractivity contribution in [2.75, 3.05) is 12.4 Å². The summed E-state index contributed by atoms with van der Waals surface area (Å²) < 4.78 is 5.08. The molecule has 0 saturated carbocycles. The maximum Gasteiger partial charge on any atom is 0.336 e. The molecule has 0 aliphatic rings. The molecule has 0 aromatic heterocycles. The van der Waals surface area contributed by atoms with Crippen LogP contribution in [0.3, 0.4) is 0 Å². The maximum atomic E-state index is 11.8. The van der Waals surface area contributed by atoms with Crippen LogP contribution in [0.25, 0.3) is 0 Å². The number of nitrogens with one attached hydrogen (secondary N) is 1. The van der Waals surface area contributed by atoms with Crippen LogP contribution in [0.15, 0.2) is 12.1 Å².